The molecule has 4 rings (SSSR count). The Balaban J connectivity index is 1.70. The minimum Gasteiger partial charge on any atom is -0.366 e. The Bertz CT molecular complexity index is 1350. The number of rotatable bonds is 6. The summed E-state index contributed by atoms with van der Waals surface area (Å²) in [6.45, 7) is 3.67. The molecule has 0 atom stereocenters. The SMILES string of the molecule is CC(C)c1nn(CC(=O)Nc2ccc(C(N)=O)cc2)c(=O)c2c1cnn2-c1ccccc1. The van der Waals surface area contributed by atoms with E-state index in [4.69, 9.17) is 5.73 Å². The van der Waals surface area contributed by atoms with Crippen molar-refractivity contribution in [3.63, 3.8) is 0 Å². The third kappa shape index (κ3) is 4.00. The van der Waals surface area contributed by atoms with Crippen molar-refractivity contribution in [2.45, 2.75) is 26.3 Å². The van der Waals surface area contributed by atoms with Gasteiger partial charge in [0.2, 0.25) is 11.8 Å². The molecule has 9 nitrogen and oxygen atoms in total. The number of hydrogen-bond acceptors (Lipinski definition) is 5. The van der Waals surface area contributed by atoms with Crippen LogP contribution in [0.3, 0.4) is 0 Å². The van der Waals surface area contributed by atoms with E-state index in [1.165, 1.54) is 12.1 Å². The highest BCUT2D eigenvalue weighted by atomic mass is 16.2. The van der Waals surface area contributed by atoms with Gasteiger partial charge in [-0.15, -0.1) is 0 Å². The highest BCUT2D eigenvalue weighted by Crippen LogP contribution is 2.23. The molecule has 2 amide bonds. The first-order chi connectivity index (χ1) is 15.3. The molecular formula is C23H22N6O3. The normalized spacial score (nSPS) is 11.1. The lowest BCUT2D eigenvalue weighted by molar-refractivity contribution is -0.117. The number of fused-ring (bicyclic) bond motifs is 1. The topological polar surface area (TPSA) is 125 Å². The monoisotopic (exact) mass is 430 g/mol. The minimum absolute atomic E-state index is 0.0159. The van der Waals surface area contributed by atoms with Crippen LogP contribution in [-0.4, -0.2) is 31.4 Å². The molecule has 0 unspecified atom stereocenters. The second-order valence-corrected chi connectivity index (χ2v) is 7.65. The summed E-state index contributed by atoms with van der Waals surface area (Å²) >= 11 is 0. The molecule has 2 aromatic carbocycles. The molecule has 162 valence electrons. The zero-order chi connectivity index (χ0) is 22.8. The van der Waals surface area contributed by atoms with Gasteiger partial charge in [-0.05, 0) is 42.3 Å². The van der Waals surface area contributed by atoms with E-state index in [0.717, 1.165) is 10.4 Å². The summed E-state index contributed by atoms with van der Waals surface area (Å²) in [4.78, 5) is 37.1. The summed E-state index contributed by atoms with van der Waals surface area (Å²) in [5, 5.41) is 12.2. The van der Waals surface area contributed by atoms with Gasteiger partial charge in [-0.2, -0.15) is 10.2 Å². The molecule has 0 saturated carbocycles. The maximum atomic E-state index is 13.3. The second-order valence-electron chi connectivity index (χ2n) is 7.65. The molecule has 2 heterocycles. The first-order valence-electron chi connectivity index (χ1n) is 10.1. The summed E-state index contributed by atoms with van der Waals surface area (Å²) in [6, 6.07) is 15.5. The van der Waals surface area contributed by atoms with Crippen LogP contribution in [-0.2, 0) is 11.3 Å². The van der Waals surface area contributed by atoms with Crippen molar-refractivity contribution in [2.24, 2.45) is 5.73 Å². The molecule has 32 heavy (non-hydrogen) atoms. The Kier molecular flexibility index (Phi) is 5.55. The summed E-state index contributed by atoms with van der Waals surface area (Å²) in [6.07, 6.45) is 1.64. The first kappa shape index (κ1) is 21.0. The van der Waals surface area contributed by atoms with Gasteiger partial charge < -0.3 is 11.1 Å². The standard InChI is InChI=1S/C23H22N6O3/c1-14(2)20-18-12-25-29(17-6-4-3-5-7-17)21(18)23(32)28(27-20)13-19(30)26-16-10-8-15(9-11-16)22(24)31/h3-12,14H,13H2,1-2H3,(H2,24,31)(H,26,30). The third-order valence-corrected chi connectivity index (χ3v) is 5.00. The van der Waals surface area contributed by atoms with Gasteiger partial charge in [0, 0.05) is 16.6 Å². The van der Waals surface area contributed by atoms with Crippen molar-refractivity contribution in [1.82, 2.24) is 19.6 Å². The number of para-hydroxylation sites is 1. The van der Waals surface area contributed by atoms with Gasteiger partial charge in [-0.1, -0.05) is 32.0 Å². The smallest absolute Gasteiger partial charge is 0.293 e. The predicted molar refractivity (Wildman–Crippen MR) is 121 cm³/mol. The van der Waals surface area contributed by atoms with Crippen molar-refractivity contribution in [2.75, 3.05) is 5.32 Å². The summed E-state index contributed by atoms with van der Waals surface area (Å²) in [7, 11) is 0. The summed E-state index contributed by atoms with van der Waals surface area (Å²) < 4.78 is 2.73. The Morgan fingerprint density at radius 1 is 1.06 bits per heavy atom. The van der Waals surface area contributed by atoms with Crippen LogP contribution in [0.1, 0.15) is 35.8 Å². The number of benzene rings is 2. The maximum Gasteiger partial charge on any atom is 0.293 e. The van der Waals surface area contributed by atoms with Crippen molar-refractivity contribution in [3.05, 3.63) is 82.4 Å². The first-order valence-corrected chi connectivity index (χ1v) is 10.1. The largest absolute Gasteiger partial charge is 0.366 e. The molecule has 9 heteroatoms. The van der Waals surface area contributed by atoms with Crippen LogP contribution >= 0.6 is 0 Å². The van der Waals surface area contributed by atoms with Crippen molar-refractivity contribution in [3.8, 4) is 5.69 Å². The number of nitrogens with zero attached hydrogens (tertiary/aromatic N) is 4. The number of primary amides is 1. The van der Waals surface area contributed by atoms with Gasteiger partial charge in [0.1, 0.15) is 12.1 Å². The van der Waals surface area contributed by atoms with Gasteiger partial charge >= 0.3 is 0 Å². The fourth-order valence-electron chi connectivity index (χ4n) is 3.45. The van der Waals surface area contributed by atoms with E-state index in [1.807, 2.05) is 44.2 Å². The number of nitrogens with one attached hydrogen (secondary N) is 1. The average Bonchev–Trinajstić information content (AvgIpc) is 3.22. The van der Waals surface area contributed by atoms with Crippen LogP contribution in [0.15, 0.2) is 65.6 Å². The number of anilines is 1. The predicted octanol–water partition coefficient (Wildman–Crippen LogP) is 2.44. The van der Waals surface area contributed by atoms with Crippen molar-refractivity contribution < 1.29 is 9.59 Å². The van der Waals surface area contributed by atoms with Crippen LogP contribution in [0.2, 0.25) is 0 Å². The highest BCUT2D eigenvalue weighted by Gasteiger charge is 2.20. The molecule has 0 aliphatic rings. The summed E-state index contributed by atoms with van der Waals surface area (Å²) in [5.41, 5.74) is 7.43. The lowest BCUT2D eigenvalue weighted by Gasteiger charge is -2.12. The van der Waals surface area contributed by atoms with Crippen LogP contribution < -0.4 is 16.6 Å². The van der Waals surface area contributed by atoms with E-state index in [-0.39, 0.29) is 12.5 Å². The molecule has 3 N–H and O–H groups in total. The van der Waals surface area contributed by atoms with Crippen LogP contribution in [0.25, 0.3) is 16.6 Å². The highest BCUT2D eigenvalue weighted by molar-refractivity contribution is 5.94. The average molecular weight is 430 g/mol. The van der Waals surface area contributed by atoms with Crippen LogP contribution in [0.4, 0.5) is 5.69 Å². The molecule has 0 fully saturated rings. The van der Waals surface area contributed by atoms with E-state index in [2.05, 4.69) is 15.5 Å². The van der Waals surface area contributed by atoms with Crippen molar-refractivity contribution in [1.29, 1.82) is 0 Å². The molecular weight excluding hydrogens is 408 g/mol. The molecule has 4 aromatic rings. The fourth-order valence-corrected chi connectivity index (χ4v) is 3.45. The quantitative estimate of drug-likeness (QED) is 0.486. The van der Waals surface area contributed by atoms with Gasteiger partial charge in [0.05, 0.1) is 17.6 Å². The Hall–Kier alpha value is -4.27. The lowest BCUT2D eigenvalue weighted by Crippen LogP contribution is -2.31. The van der Waals surface area contributed by atoms with E-state index in [1.54, 1.807) is 23.0 Å². The molecule has 0 aliphatic carbocycles. The van der Waals surface area contributed by atoms with E-state index in [9.17, 15) is 14.4 Å². The fraction of sp³-hybridized carbons (Fsp3) is 0.174. The third-order valence-electron chi connectivity index (χ3n) is 5.00. The Morgan fingerprint density at radius 2 is 1.75 bits per heavy atom. The second kappa shape index (κ2) is 8.46. The molecule has 0 saturated heterocycles. The molecule has 0 spiro atoms. The number of amides is 2. The zero-order valence-electron chi connectivity index (χ0n) is 17.6. The van der Waals surface area contributed by atoms with Gasteiger partial charge in [-0.25, -0.2) is 9.36 Å². The lowest BCUT2D eigenvalue weighted by atomic mass is 10.1. The molecule has 0 radical (unpaired) electrons. The number of carbonyl (C=O) groups is 2. The molecule has 2 aromatic heterocycles. The Labute approximate surface area is 183 Å². The maximum absolute atomic E-state index is 13.3. The van der Waals surface area contributed by atoms with Gasteiger partial charge in [-0.3, -0.25) is 14.4 Å². The summed E-state index contributed by atoms with van der Waals surface area (Å²) in [5.74, 6) is -0.961. The van der Waals surface area contributed by atoms with E-state index >= 15 is 0 Å². The Morgan fingerprint density at radius 3 is 2.38 bits per heavy atom. The van der Waals surface area contributed by atoms with Gasteiger partial charge in [0.15, 0.2) is 0 Å². The van der Waals surface area contributed by atoms with E-state index < -0.39 is 17.4 Å². The zero-order valence-corrected chi connectivity index (χ0v) is 17.6. The minimum atomic E-state index is -0.553. The number of aromatic nitrogens is 4. The number of carbonyl (C=O) groups excluding carboxylic acids is 2. The van der Waals surface area contributed by atoms with Crippen LogP contribution in [0.5, 0.6) is 0 Å². The molecule has 0 aliphatic heterocycles. The number of hydrogen-bond donors (Lipinski definition) is 2. The molecule has 0 bridgehead atoms. The van der Waals surface area contributed by atoms with Crippen molar-refractivity contribution >= 4 is 28.4 Å². The van der Waals surface area contributed by atoms with Gasteiger partial charge in [0.25, 0.3) is 5.56 Å². The number of nitrogens with two attached hydrogens (primary N) is 1. The van der Waals surface area contributed by atoms with Crippen LogP contribution in [0, 0.1) is 0 Å². The van der Waals surface area contributed by atoms with E-state index in [0.29, 0.717) is 27.8 Å².